The summed E-state index contributed by atoms with van der Waals surface area (Å²) in [6, 6.07) is 5.45. The van der Waals surface area contributed by atoms with Crippen molar-refractivity contribution in [2.24, 2.45) is 0 Å². The van der Waals surface area contributed by atoms with E-state index in [1.165, 1.54) is 10.8 Å². The number of aryl methyl sites for hydroxylation is 2. The first-order valence-corrected chi connectivity index (χ1v) is 10.3. The van der Waals surface area contributed by atoms with Gasteiger partial charge in [0.05, 0.1) is 16.8 Å². The van der Waals surface area contributed by atoms with E-state index in [-0.39, 0.29) is 24.3 Å². The molecule has 1 aliphatic heterocycles. The van der Waals surface area contributed by atoms with Crippen LogP contribution in [-0.4, -0.2) is 51.4 Å². The third-order valence-corrected chi connectivity index (χ3v) is 5.73. The second-order valence-electron chi connectivity index (χ2n) is 7.91. The molecule has 0 bridgehead atoms. The van der Waals surface area contributed by atoms with Crippen molar-refractivity contribution in [3.8, 4) is 0 Å². The van der Waals surface area contributed by atoms with Crippen LogP contribution in [0.1, 0.15) is 46.2 Å². The molecule has 162 valence electrons. The van der Waals surface area contributed by atoms with Crippen LogP contribution in [0.5, 0.6) is 0 Å². The number of carbonyl (C=O) groups is 2. The largest absolute Gasteiger partial charge is 0.420 e. The lowest BCUT2D eigenvalue weighted by Crippen LogP contribution is -2.42. The molecule has 4 rings (SSSR count). The SMILES string of the molecule is CNC(=O)c1cnc([C@H]2CCCN(C(=O)Cn3c(=O)oc4ccc(C)cc43)C2)nc1C. The zero-order valence-corrected chi connectivity index (χ0v) is 17.8. The van der Waals surface area contributed by atoms with Crippen molar-refractivity contribution >= 4 is 22.9 Å². The van der Waals surface area contributed by atoms with E-state index in [1.54, 1.807) is 24.9 Å². The van der Waals surface area contributed by atoms with E-state index in [9.17, 15) is 14.4 Å². The maximum atomic E-state index is 13.0. The van der Waals surface area contributed by atoms with Crippen molar-refractivity contribution in [2.45, 2.75) is 39.2 Å². The predicted molar refractivity (Wildman–Crippen MR) is 114 cm³/mol. The molecule has 3 heterocycles. The highest BCUT2D eigenvalue weighted by Gasteiger charge is 2.28. The van der Waals surface area contributed by atoms with Gasteiger partial charge in [0, 0.05) is 32.3 Å². The second kappa shape index (κ2) is 8.33. The number of hydrogen-bond donors (Lipinski definition) is 1. The number of rotatable bonds is 4. The molecule has 31 heavy (non-hydrogen) atoms. The summed E-state index contributed by atoms with van der Waals surface area (Å²) < 4.78 is 6.65. The molecule has 1 saturated heterocycles. The van der Waals surface area contributed by atoms with Gasteiger partial charge in [-0.1, -0.05) is 6.07 Å². The number of hydrogen-bond acceptors (Lipinski definition) is 6. The summed E-state index contributed by atoms with van der Waals surface area (Å²) in [5.74, 6) is -0.294. The predicted octanol–water partition coefficient (Wildman–Crippen LogP) is 1.77. The zero-order chi connectivity index (χ0) is 22.1. The Kier molecular flexibility index (Phi) is 5.58. The Morgan fingerprint density at radius 3 is 2.84 bits per heavy atom. The molecule has 0 saturated carbocycles. The Morgan fingerprint density at radius 1 is 1.29 bits per heavy atom. The molecule has 0 unspecified atom stereocenters. The van der Waals surface area contributed by atoms with E-state index in [2.05, 4.69) is 15.3 Å². The number of carbonyl (C=O) groups excluding carboxylic acids is 2. The molecule has 0 spiro atoms. The Hall–Kier alpha value is -3.49. The van der Waals surface area contributed by atoms with Gasteiger partial charge in [0.15, 0.2) is 5.58 Å². The lowest BCUT2D eigenvalue weighted by Gasteiger charge is -2.32. The van der Waals surface area contributed by atoms with E-state index in [0.717, 1.165) is 18.4 Å². The summed E-state index contributed by atoms with van der Waals surface area (Å²) in [7, 11) is 1.57. The highest BCUT2D eigenvalue weighted by atomic mass is 16.4. The van der Waals surface area contributed by atoms with Crippen molar-refractivity contribution in [3.05, 3.63) is 57.6 Å². The molecule has 0 aliphatic carbocycles. The summed E-state index contributed by atoms with van der Waals surface area (Å²) in [4.78, 5) is 47.8. The molecule has 2 amide bonds. The van der Waals surface area contributed by atoms with E-state index in [0.29, 0.717) is 41.3 Å². The van der Waals surface area contributed by atoms with Gasteiger partial charge in [-0.15, -0.1) is 0 Å². The normalized spacial score (nSPS) is 16.5. The zero-order valence-electron chi connectivity index (χ0n) is 17.8. The van der Waals surface area contributed by atoms with Crippen molar-refractivity contribution in [2.75, 3.05) is 20.1 Å². The van der Waals surface area contributed by atoms with Crippen molar-refractivity contribution < 1.29 is 14.0 Å². The lowest BCUT2D eigenvalue weighted by molar-refractivity contribution is -0.133. The number of nitrogens with one attached hydrogen (secondary N) is 1. The van der Waals surface area contributed by atoms with Gasteiger partial charge in [-0.2, -0.15) is 0 Å². The Morgan fingerprint density at radius 2 is 2.10 bits per heavy atom. The minimum atomic E-state index is -0.536. The van der Waals surface area contributed by atoms with Gasteiger partial charge in [0.25, 0.3) is 5.91 Å². The molecule has 1 fully saturated rings. The number of fused-ring (bicyclic) bond motifs is 1. The fourth-order valence-electron chi connectivity index (χ4n) is 4.01. The van der Waals surface area contributed by atoms with Gasteiger partial charge in [0.1, 0.15) is 12.4 Å². The van der Waals surface area contributed by atoms with Gasteiger partial charge in [0.2, 0.25) is 5.91 Å². The van der Waals surface area contributed by atoms with E-state index in [4.69, 9.17) is 4.42 Å². The van der Waals surface area contributed by atoms with Gasteiger partial charge >= 0.3 is 5.76 Å². The smallest absolute Gasteiger partial charge is 0.408 e. The standard InChI is InChI=1S/C22H25N5O4/c1-13-6-7-18-17(9-13)27(22(30)31-18)12-19(28)26-8-4-5-15(11-26)20-24-10-16(14(2)25-20)21(29)23-3/h6-7,9-10,15H,4-5,8,11-12H2,1-3H3,(H,23,29)/t15-/m0/s1. The van der Waals surface area contributed by atoms with E-state index < -0.39 is 5.76 Å². The number of nitrogens with zero attached hydrogens (tertiary/aromatic N) is 4. The first-order valence-electron chi connectivity index (χ1n) is 10.3. The van der Waals surface area contributed by atoms with Crippen molar-refractivity contribution in [1.82, 2.24) is 24.8 Å². The van der Waals surface area contributed by atoms with Gasteiger partial charge < -0.3 is 14.6 Å². The van der Waals surface area contributed by atoms with Crippen LogP contribution in [0.25, 0.3) is 11.1 Å². The van der Waals surface area contributed by atoms with Crippen LogP contribution in [0.2, 0.25) is 0 Å². The maximum absolute atomic E-state index is 13.0. The molecular formula is C22H25N5O4. The Balaban J connectivity index is 1.51. The van der Waals surface area contributed by atoms with Crippen molar-refractivity contribution in [3.63, 3.8) is 0 Å². The fourth-order valence-corrected chi connectivity index (χ4v) is 4.01. The number of amides is 2. The molecule has 0 radical (unpaired) electrons. The summed E-state index contributed by atoms with van der Waals surface area (Å²) in [5, 5.41) is 2.58. The molecule has 1 atom stereocenters. The minimum Gasteiger partial charge on any atom is -0.408 e. The van der Waals surface area contributed by atoms with Crippen LogP contribution < -0.4 is 11.1 Å². The number of oxazole rings is 1. The summed E-state index contributed by atoms with van der Waals surface area (Å²) in [6.07, 6.45) is 3.21. The first-order chi connectivity index (χ1) is 14.9. The van der Waals surface area contributed by atoms with Crippen LogP contribution in [0.4, 0.5) is 0 Å². The lowest BCUT2D eigenvalue weighted by atomic mass is 9.96. The fraction of sp³-hybridized carbons (Fsp3) is 0.409. The average Bonchev–Trinajstić information content (AvgIpc) is 3.07. The second-order valence-corrected chi connectivity index (χ2v) is 7.91. The number of benzene rings is 1. The van der Waals surface area contributed by atoms with Gasteiger partial charge in [-0.3, -0.25) is 14.2 Å². The van der Waals surface area contributed by atoms with Crippen LogP contribution in [0, 0.1) is 13.8 Å². The van der Waals surface area contributed by atoms with E-state index >= 15 is 0 Å². The Bertz CT molecular complexity index is 1210. The molecule has 9 nitrogen and oxygen atoms in total. The topological polar surface area (TPSA) is 110 Å². The van der Waals surface area contributed by atoms with Gasteiger partial charge in [-0.05, 0) is 44.4 Å². The van der Waals surface area contributed by atoms with Crippen LogP contribution in [0.15, 0.2) is 33.6 Å². The highest BCUT2D eigenvalue weighted by molar-refractivity contribution is 5.94. The van der Waals surface area contributed by atoms with Crippen LogP contribution >= 0.6 is 0 Å². The summed E-state index contributed by atoms with van der Waals surface area (Å²) in [5.41, 5.74) is 3.13. The molecule has 9 heteroatoms. The molecular weight excluding hydrogens is 398 g/mol. The summed E-state index contributed by atoms with van der Waals surface area (Å²) >= 11 is 0. The van der Waals surface area contributed by atoms with Gasteiger partial charge in [-0.25, -0.2) is 14.8 Å². The third-order valence-electron chi connectivity index (χ3n) is 5.73. The van der Waals surface area contributed by atoms with E-state index in [1.807, 2.05) is 19.1 Å². The third kappa shape index (κ3) is 4.08. The summed E-state index contributed by atoms with van der Waals surface area (Å²) in [6.45, 7) is 4.72. The molecule has 2 aromatic heterocycles. The number of aromatic nitrogens is 3. The molecule has 1 aliphatic rings. The maximum Gasteiger partial charge on any atom is 0.420 e. The van der Waals surface area contributed by atoms with Crippen molar-refractivity contribution in [1.29, 1.82) is 0 Å². The molecule has 1 aromatic carbocycles. The minimum absolute atomic E-state index is 0.0183. The highest BCUT2D eigenvalue weighted by Crippen LogP contribution is 2.25. The average molecular weight is 423 g/mol. The first kappa shape index (κ1) is 20.8. The van der Waals surface area contributed by atoms with Crippen LogP contribution in [-0.2, 0) is 11.3 Å². The monoisotopic (exact) mass is 423 g/mol. The quantitative estimate of drug-likeness (QED) is 0.685. The molecule has 3 aromatic rings. The number of piperidine rings is 1. The van der Waals surface area contributed by atoms with Crippen LogP contribution in [0.3, 0.4) is 0 Å². The Labute approximate surface area is 179 Å². The molecule has 1 N–H and O–H groups in total. The number of likely N-dealkylation sites (tertiary alicyclic amines) is 1.